The number of ether oxygens (including phenoxy) is 1. The van der Waals surface area contributed by atoms with E-state index in [1.807, 2.05) is 30.3 Å². The summed E-state index contributed by atoms with van der Waals surface area (Å²) >= 11 is 1.17. The molecule has 2 rings (SSSR count). The number of hydrogen-bond donors (Lipinski definition) is 1. The molecule has 0 saturated carbocycles. The lowest BCUT2D eigenvalue weighted by Gasteiger charge is -2.11. The Hall–Kier alpha value is -2.66. The summed E-state index contributed by atoms with van der Waals surface area (Å²) in [6, 6.07) is 9.24. The Morgan fingerprint density at radius 1 is 1.52 bits per heavy atom. The molecule has 0 amide bonds. The normalized spacial score (nSPS) is 11.5. The van der Waals surface area contributed by atoms with Gasteiger partial charge in [0.2, 0.25) is 0 Å². The summed E-state index contributed by atoms with van der Waals surface area (Å²) in [5.74, 6) is -0.627. The van der Waals surface area contributed by atoms with Crippen LogP contribution in [-0.4, -0.2) is 39.1 Å². The summed E-state index contributed by atoms with van der Waals surface area (Å²) in [5, 5.41) is 24.8. The largest absolute Gasteiger partial charge is 0.495 e. The highest BCUT2D eigenvalue weighted by atomic mass is 32.2. The summed E-state index contributed by atoms with van der Waals surface area (Å²) < 4.78 is 7.03. The number of hydrogen-bond acceptors (Lipinski definition) is 7. The minimum Gasteiger partial charge on any atom is -0.495 e. The molecule has 0 aliphatic carbocycles. The fourth-order valence-corrected chi connectivity index (χ4v) is 2.77. The number of para-hydroxylation sites is 2. The smallest absolute Gasteiger partial charge is 0.196 e. The highest BCUT2D eigenvalue weighted by Crippen LogP contribution is 2.26. The van der Waals surface area contributed by atoms with Gasteiger partial charge in [0.15, 0.2) is 10.9 Å². The van der Waals surface area contributed by atoms with E-state index in [1.54, 1.807) is 11.7 Å². The third-order valence-corrected chi connectivity index (χ3v) is 4.05. The van der Waals surface area contributed by atoms with Crippen molar-refractivity contribution in [1.82, 2.24) is 14.8 Å². The predicted octanol–water partition coefficient (Wildman–Crippen LogP) is 2.12. The molecule has 1 unspecified atom stereocenters. The van der Waals surface area contributed by atoms with Gasteiger partial charge in [-0.1, -0.05) is 23.9 Å². The number of carbonyl (C=O) groups excluding carboxylic acids is 1. The molecule has 0 saturated heterocycles. The van der Waals surface area contributed by atoms with Crippen molar-refractivity contribution in [2.45, 2.75) is 12.1 Å². The van der Waals surface area contributed by atoms with Gasteiger partial charge in [0.1, 0.15) is 18.0 Å². The second kappa shape index (κ2) is 7.56. The van der Waals surface area contributed by atoms with Crippen molar-refractivity contribution in [1.29, 1.82) is 10.7 Å². The first kappa shape index (κ1) is 16.7. The van der Waals surface area contributed by atoms with E-state index >= 15 is 0 Å². The average Bonchev–Trinajstić information content (AvgIpc) is 3.01. The van der Waals surface area contributed by atoms with Crippen molar-refractivity contribution < 1.29 is 9.53 Å². The molecule has 1 heterocycles. The summed E-state index contributed by atoms with van der Waals surface area (Å²) in [5.41, 5.74) is 0.805. The fraction of sp³-hybridized carbons (Fsp3) is 0.267. The molecule has 1 atom stereocenters. The van der Waals surface area contributed by atoms with E-state index in [-0.39, 0.29) is 17.2 Å². The van der Waals surface area contributed by atoms with Crippen molar-refractivity contribution in [3.8, 4) is 17.5 Å². The van der Waals surface area contributed by atoms with E-state index in [0.717, 1.165) is 5.69 Å². The van der Waals surface area contributed by atoms with Crippen molar-refractivity contribution in [2.75, 3.05) is 12.9 Å². The van der Waals surface area contributed by atoms with Gasteiger partial charge in [0.25, 0.3) is 0 Å². The third-order valence-electron chi connectivity index (χ3n) is 3.09. The number of rotatable bonds is 7. The van der Waals surface area contributed by atoms with E-state index in [9.17, 15) is 4.79 Å². The zero-order valence-corrected chi connectivity index (χ0v) is 13.5. The van der Waals surface area contributed by atoms with Gasteiger partial charge in [-0.15, -0.1) is 10.2 Å². The highest BCUT2D eigenvalue weighted by Gasteiger charge is 2.21. The standard InChI is InChI=1S/C15H15N5O2S/c1-10(17)11(7-16)13(21)8-23-15-19-18-9-20(15)12-5-3-4-6-14(12)22-2/h3-6,9,11,17H,8H2,1-2H3. The van der Waals surface area contributed by atoms with E-state index in [1.165, 1.54) is 25.0 Å². The molecule has 0 aliphatic rings. The first-order chi connectivity index (χ1) is 11.1. The van der Waals surface area contributed by atoms with Gasteiger partial charge in [0, 0.05) is 5.71 Å². The van der Waals surface area contributed by atoms with E-state index in [0.29, 0.717) is 10.9 Å². The van der Waals surface area contributed by atoms with Crippen molar-refractivity contribution >= 4 is 23.3 Å². The molecule has 1 aromatic heterocycles. The fourth-order valence-electron chi connectivity index (χ4n) is 1.95. The number of aromatic nitrogens is 3. The van der Waals surface area contributed by atoms with Gasteiger partial charge >= 0.3 is 0 Å². The maximum atomic E-state index is 12.0. The Kier molecular flexibility index (Phi) is 5.49. The number of methoxy groups -OCH3 is 1. The maximum Gasteiger partial charge on any atom is 0.196 e. The van der Waals surface area contributed by atoms with Crippen molar-refractivity contribution in [3.63, 3.8) is 0 Å². The lowest BCUT2D eigenvalue weighted by atomic mass is 10.0. The highest BCUT2D eigenvalue weighted by molar-refractivity contribution is 7.99. The van der Waals surface area contributed by atoms with Gasteiger partial charge in [0.05, 0.1) is 24.6 Å². The van der Waals surface area contributed by atoms with Crippen LogP contribution in [-0.2, 0) is 4.79 Å². The number of carbonyl (C=O) groups is 1. The van der Waals surface area contributed by atoms with E-state index in [2.05, 4.69) is 10.2 Å². The summed E-state index contributed by atoms with van der Waals surface area (Å²) in [6.07, 6.45) is 1.54. The number of benzene rings is 1. The molecule has 7 nitrogen and oxygen atoms in total. The van der Waals surface area contributed by atoms with E-state index < -0.39 is 5.92 Å². The van der Waals surface area contributed by atoms with Crippen LogP contribution in [0.4, 0.5) is 0 Å². The zero-order valence-electron chi connectivity index (χ0n) is 12.7. The SMILES string of the molecule is COc1ccccc1-n1cnnc1SCC(=O)C(C#N)C(C)=N. The lowest BCUT2D eigenvalue weighted by Crippen LogP contribution is -2.21. The van der Waals surface area contributed by atoms with Gasteiger partial charge in [-0.25, -0.2) is 0 Å². The molecule has 1 N–H and O–H groups in total. The molecule has 0 radical (unpaired) electrons. The molecule has 2 aromatic rings. The van der Waals surface area contributed by atoms with Gasteiger partial charge < -0.3 is 10.1 Å². The number of nitrogens with zero attached hydrogens (tertiary/aromatic N) is 4. The number of ketones is 1. The molecule has 118 valence electrons. The molecular weight excluding hydrogens is 314 g/mol. The van der Waals surface area contributed by atoms with Crippen LogP contribution >= 0.6 is 11.8 Å². The number of thioether (sulfide) groups is 1. The molecule has 23 heavy (non-hydrogen) atoms. The van der Waals surface area contributed by atoms with Gasteiger partial charge in [-0.3, -0.25) is 9.36 Å². The molecule has 0 bridgehead atoms. The molecule has 0 fully saturated rings. The van der Waals surface area contributed by atoms with Crippen LogP contribution in [0.15, 0.2) is 35.7 Å². The molecule has 1 aromatic carbocycles. The van der Waals surface area contributed by atoms with Crippen LogP contribution in [0.25, 0.3) is 5.69 Å². The van der Waals surface area contributed by atoms with Gasteiger partial charge in [-0.2, -0.15) is 5.26 Å². The minimum atomic E-state index is -1.01. The summed E-state index contributed by atoms with van der Waals surface area (Å²) in [7, 11) is 1.57. The zero-order chi connectivity index (χ0) is 16.8. The predicted molar refractivity (Wildman–Crippen MR) is 86.1 cm³/mol. The third kappa shape index (κ3) is 3.76. The maximum absolute atomic E-state index is 12.0. The monoisotopic (exact) mass is 329 g/mol. The minimum absolute atomic E-state index is 0.0439. The van der Waals surface area contributed by atoms with Crippen LogP contribution in [0.2, 0.25) is 0 Å². The first-order valence-corrected chi connectivity index (χ1v) is 7.70. The summed E-state index contributed by atoms with van der Waals surface area (Å²) in [4.78, 5) is 12.0. The number of nitriles is 1. The van der Waals surface area contributed by atoms with Gasteiger partial charge in [-0.05, 0) is 19.1 Å². The second-order valence-electron chi connectivity index (χ2n) is 4.66. The average molecular weight is 329 g/mol. The Bertz CT molecular complexity index is 765. The quantitative estimate of drug-likeness (QED) is 0.616. The topological polar surface area (TPSA) is 105 Å². The van der Waals surface area contributed by atoms with Crippen LogP contribution in [0.5, 0.6) is 5.75 Å². The van der Waals surface area contributed by atoms with Crippen LogP contribution in [0.3, 0.4) is 0 Å². The van der Waals surface area contributed by atoms with E-state index in [4.69, 9.17) is 15.4 Å². The molecule has 8 heteroatoms. The Morgan fingerprint density at radius 3 is 2.91 bits per heavy atom. The second-order valence-corrected chi connectivity index (χ2v) is 5.60. The summed E-state index contributed by atoms with van der Waals surface area (Å²) in [6.45, 7) is 1.45. The number of Topliss-reactive ketones (excluding diaryl/α,β-unsaturated/α-hetero) is 1. The Balaban J connectivity index is 2.18. The Labute approximate surface area is 137 Å². The van der Waals surface area contributed by atoms with Crippen LogP contribution in [0, 0.1) is 22.7 Å². The molecule has 0 aliphatic heterocycles. The van der Waals surface area contributed by atoms with Crippen LogP contribution < -0.4 is 4.74 Å². The Morgan fingerprint density at radius 2 is 2.26 bits per heavy atom. The van der Waals surface area contributed by atoms with Crippen molar-refractivity contribution in [3.05, 3.63) is 30.6 Å². The number of nitrogens with one attached hydrogen (secondary N) is 1. The molecular formula is C15H15N5O2S. The molecule has 0 spiro atoms. The van der Waals surface area contributed by atoms with Crippen molar-refractivity contribution in [2.24, 2.45) is 5.92 Å². The van der Waals surface area contributed by atoms with Crippen LogP contribution in [0.1, 0.15) is 6.92 Å². The lowest BCUT2D eigenvalue weighted by molar-refractivity contribution is -0.117. The first-order valence-electron chi connectivity index (χ1n) is 6.72.